The number of aromatic nitrogens is 2. The summed E-state index contributed by atoms with van der Waals surface area (Å²) in [5.41, 5.74) is 1.62. The Hall–Kier alpha value is -2.17. The lowest BCUT2D eigenvalue weighted by molar-refractivity contribution is 0.518. The minimum absolute atomic E-state index is 0.156. The van der Waals surface area contributed by atoms with Crippen LogP contribution in [0.5, 0.6) is 0 Å². The summed E-state index contributed by atoms with van der Waals surface area (Å²) < 4.78 is 13.9. The zero-order valence-corrected chi connectivity index (χ0v) is 12.1. The molecule has 110 valence electrons. The van der Waals surface area contributed by atoms with Crippen LogP contribution in [0.15, 0.2) is 36.7 Å². The summed E-state index contributed by atoms with van der Waals surface area (Å²) in [6.07, 6.45) is 3.67. The van der Waals surface area contributed by atoms with E-state index >= 15 is 0 Å². The van der Waals surface area contributed by atoms with Gasteiger partial charge >= 0.3 is 0 Å². The molecular formula is C16H19FN4. The number of anilines is 2. The van der Waals surface area contributed by atoms with Crippen LogP contribution in [0.2, 0.25) is 0 Å². The number of hydrogen-bond donors (Lipinski definition) is 1. The molecule has 5 heteroatoms. The zero-order chi connectivity index (χ0) is 14.7. The van der Waals surface area contributed by atoms with Crippen molar-refractivity contribution in [1.82, 2.24) is 9.97 Å². The third kappa shape index (κ3) is 3.29. The van der Waals surface area contributed by atoms with Crippen molar-refractivity contribution in [2.45, 2.75) is 25.8 Å². The zero-order valence-electron chi connectivity index (χ0n) is 12.1. The Morgan fingerprint density at radius 3 is 2.95 bits per heavy atom. The standard InChI is InChI=1S/C16H19FN4/c1-12-9-16(19-11-18-12)20-13-5-4-8-21(10-13)15-7-3-2-6-14(15)17/h2-3,6-7,9,11,13H,4-5,8,10H2,1H3,(H,18,19,20). The highest BCUT2D eigenvalue weighted by Gasteiger charge is 2.22. The highest BCUT2D eigenvalue weighted by molar-refractivity contribution is 5.49. The molecule has 3 rings (SSSR count). The molecule has 2 heterocycles. The lowest BCUT2D eigenvalue weighted by atomic mass is 10.0. The minimum Gasteiger partial charge on any atom is -0.367 e. The minimum atomic E-state index is -0.156. The quantitative estimate of drug-likeness (QED) is 0.941. The Balaban J connectivity index is 1.70. The predicted octanol–water partition coefficient (Wildman–Crippen LogP) is 3.01. The fraction of sp³-hybridized carbons (Fsp3) is 0.375. The predicted molar refractivity (Wildman–Crippen MR) is 82.0 cm³/mol. The fourth-order valence-corrected chi connectivity index (χ4v) is 2.76. The van der Waals surface area contributed by atoms with E-state index < -0.39 is 0 Å². The number of piperidine rings is 1. The average molecular weight is 286 g/mol. The molecule has 0 saturated carbocycles. The summed E-state index contributed by atoms with van der Waals surface area (Å²) in [7, 11) is 0. The van der Waals surface area contributed by atoms with E-state index in [9.17, 15) is 4.39 Å². The number of rotatable bonds is 3. The van der Waals surface area contributed by atoms with E-state index in [2.05, 4.69) is 20.2 Å². The molecule has 0 spiro atoms. The second kappa shape index (κ2) is 6.08. The molecule has 1 aromatic heterocycles. The molecule has 1 saturated heterocycles. The van der Waals surface area contributed by atoms with Crippen LogP contribution in [0.1, 0.15) is 18.5 Å². The summed E-state index contributed by atoms with van der Waals surface area (Å²) in [5.74, 6) is 0.680. The molecule has 1 aliphatic heterocycles. The van der Waals surface area contributed by atoms with Crippen LogP contribution in [0.3, 0.4) is 0 Å². The Morgan fingerprint density at radius 1 is 1.29 bits per heavy atom. The van der Waals surface area contributed by atoms with Crippen molar-refractivity contribution in [1.29, 1.82) is 0 Å². The molecule has 1 aromatic carbocycles. The van der Waals surface area contributed by atoms with Gasteiger partial charge in [0.05, 0.1) is 5.69 Å². The van der Waals surface area contributed by atoms with Crippen LogP contribution in [0.25, 0.3) is 0 Å². The molecule has 1 unspecified atom stereocenters. The highest BCUT2D eigenvalue weighted by atomic mass is 19.1. The summed E-state index contributed by atoms with van der Waals surface area (Å²) in [4.78, 5) is 10.4. The van der Waals surface area contributed by atoms with Gasteiger partial charge in [0.25, 0.3) is 0 Å². The molecule has 1 aliphatic rings. The van der Waals surface area contributed by atoms with E-state index in [4.69, 9.17) is 0 Å². The summed E-state index contributed by atoms with van der Waals surface area (Å²) >= 11 is 0. The van der Waals surface area contributed by atoms with Gasteiger partial charge in [-0.15, -0.1) is 0 Å². The van der Waals surface area contributed by atoms with Crippen molar-refractivity contribution in [2.75, 3.05) is 23.3 Å². The van der Waals surface area contributed by atoms with Crippen molar-refractivity contribution in [3.63, 3.8) is 0 Å². The second-order valence-electron chi connectivity index (χ2n) is 5.43. The first-order valence-corrected chi connectivity index (χ1v) is 7.27. The smallest absolute Gasteiger partial charge is 0.146 e. The van der Waals surface area contributed by atoms with Gasteiger partial charge in [0, 0.05) is 30.9 Å². The number of nitrogens with one attached hydrogen (secondary N) is 1. The summed E-state index contributed by atoms with van der Waals surface area (Å²) in [6.45, 7) is 3.62. The van der Waals surface area contributed by atoms with Crippen LogP contribution < -0.4 is 10.2 Å². The lowest BCUT2D eigenvalue weighted by Gasteiger charge is -2.35. The molecular weight excluding hydrogens is 267 g/mol. The normalized spacial score (nSPS) is 18.6. The largest absolute Gasteiger partial charge is 0.367 e. The highest BCUT2D eigenvalue weighted by Crippen LogP contribution is 2.24. The van der Waals surface area contributed by atoms with Gasteiger partial charge in [-0.2, -0.15) is 0 Å². The number of hydrogen-bond acceptors (Lipinski definition) is 4. The maximum Gasteiger partial charge on any atom is 0.146 e. The van der Waals surface area contributed by atoms with Crippen molar-refractivity contribution in [2.24, 2.45) is 0 Å². The first-order valence-electron chi connectivity index (χ1n) is 7.27. The maximum atomic E-state index is 13.9. The molecule has 1 atom stereocenters. The van der Waals surface area contributed by atoms with Gasteiger partial charge < -0.3 is 10.2 Å². The van der Waals surface area contributed by atoms with Gasteiger partial charge in [-0.25, -0.2) is 14.4 Å². The number of para-hydroxylation sites is 1. The van der Waals surface area contributed by atoms with Crippen molar-refractivity contribution in [3.05, 3.63) is 48.2 Å². The third-order valence-electron chi connectivity index (χ3n) is 3.77. The van der Waals surface area contributed by atoms with Gasteiger partial charge in [0.1, 0.15) is 18.0 Å². The molecule has 1 N–H and O–H groups in total. The summed E-state index contributed by atoms with van der Waals surface area (Å²) in [5, 5.41) is 3.43. The topological polar surface area (TPSA) is 41.0 Å². The number of halogens is 1. The van der Waals surface area contributed by atoms with Crippen LogP contribution >= 0.6 is 0 Å². The first kappa shape index (κ1) is 13.8. The number of nitrogens with zero attached hydrogens (tertiary/aromatic N) is 3. The van der Waals surface area contributed by atoms with Gasteiger partial charge in [-0.3, -0.25) is 0 Å². The van der Waals surface area contributed by atoms with Gasteiger partial charge in [0.15, 0.2) is 0 Å². The van der Waals surface area contributed by atoms with Crippen molar-refractivity contribution in [3.8, 4) is 0 Å². The van der Waals surface area contributed by atoms with Crippen LogP contribution in [0.4, 0.5) is 15.9 Å². The molecule has 21 heavy (non-hydrogen) atoms. The van der Waals surface area contributed by atoms with Crippen LogP contribution in [-0.4, -0.2) is 29.1 Å². The fourth-order valence-electron chi connectivity index (χ4n) is 2.76. The van der Waals surface area contributed by atoms with E-state index in [1.54, 1.807) is 12.4 Å². The Bertz CT molecular complexity index is 617. The number of benzene rings is 1. The first-order chi connectivity index (χ1) is 10.2. The lowest BCUT2D eigenvalue weighted by Crippen LogP contribution is -2.42. The van der Waals surface area contributed by atoms with E-state index in [0.29, 0.717) is 5.69 Å². The van der Waals surface area contributed by atoms with Crippen molar-refractivity contribution < 1.29 is 4.39 Å². The maximum absolute atomic E-state index is 13.9. The van der Waals surface area contributed by atoms with E-state index in [1.165, 1.54) is 6.07 Å². The summed E-state index contributed by atoms with van der Waals surface area (Å²) in [6, 6.07) is 9.16. The Morgan fingerprint density at radius 2 is 2.14 bits per heavy atom. The van der Waals surface area contributed by atoms with Crippen LogP contribution in [0, 0.1) is 12.7 Å². The molecule has 0 amide bonds. The van der Waals surface area contributed by atoms with Gasteiger partial charge in [0.2, 0.25) is 0 Å². The monoisotopic (exact) mass is 286 g/mol. The average Bonchev–Trinajstić information content (AvgIpc) is 2.48. The molecule has 4 nitrogen and oxygen atoms in total. The van der Waals surface area contributed by atoms with E-state index in [1.807, 2.05) is 25.1 Å². The Kier molecular flexibility index (Phi) is 3.99. The third-order valence-corrected chi connectivity index (χ3v) is 3.77. The van der Waals surface area contributed by atoms with Gasteiger partial charge in [-0.1, -0.05) is 12.1 Å². The van der Waals surface area contributed by atoms with E-state index in [-0.39, 0.29) is 11.9 Å². The molecule has 1 fully saturated rings. The van der Waals surface area contributed by atoms with E-state index in [0.717, 1.165) is 37.4 Å². The number of aryl methyl sites for hydroxylation is 1. The molecule has 0 radical (unpaired) electrons. The molecule has 2 aromatic rings. The Labute approximate surface area is 124 Å². The SMILES string of the molecule is Cc1cc(NC2CCCN(c3ccccc3F)C2)ncn1. The second-order valence-corrected chi connectivity index (χ2v) is 5.43. The molecule has 0 bridgehead atoms. The van der Waals surface area contributed by atoms with Crippen LogP contribution in [-0.2, 0) is 0 Å². The molecule has 0 aliphatic carbocycles. The van der Waals surface area contributed by atoms with Gasteiger partial charge in [-0.05, 0) is 31.9 Å². The van der Waals surface area contributed by atoms with Crippen molar-refractivity contribution >= 4 is 11.5 Å².